The number of piperidine rings is 1. The van der Waals surface area contributed by atoms with Crippen molar-refractivity contribution in [3.8, 4) is 0 Å². The molecule has 28 heavy (non-hydrogen) atoms. The second-order valence-electron chi connectivity index (χ2n) is 7.61. The van der Waals surface area contributed by atoms with Crippen molar-refractivity contribution in [2.24, 2.45) is 0 Å². The van der Waals surface area contributed by atoms with Gasteiger partial charge in [0.1, 0.15) is 0 Å². The molecule has 4 rings (SSSR count). The standard InChI is InChI=1S/C21H22F3N3O/c1-13-6-7-16-18(12-13)25-26-19(16)20(28)27-10-8-14(9-11-27)15-4-2-3-5-17(15)21(22,23)24/h2-5,14H,1,6-12H2,(H,25,26). The predicted molar refractivity (Wildman–Crippen MR) is 99.1 cm³/mol. The van der Waals surface area contributed by atoms with Crippen LogP contribution in [0.15, 0.2) is 36.4 Å². The molecule has 0 atom stereocenters. The number of likely N-dealkylation sites (tertiary alicyclic amines) is 1. The van der Waals surface area contributed by atoms with E-state index in [9.17, 15) is 18.0 Å². The van der Waals surface area contributed by atoms with Gasteiger partial charge in [0.05, 0.1) is 5.56 Å². The van der Waals surface area contributed by atoms with E-state index in [4.69, 9.17) is 0 Å². The fourth-order valence-corrected chi connectivity index (χ4v) is 4.29. The van der Waals surface area contributed by atoms with E-state index in [1.54, 1.807) is 17.0 Å². The largest absolute Gasteiger partial charge is 0.416 e. The van der Waals surface area contributed by atoms with Crippen LogP contribution >= 0.6 is 0 Å². The lowest BCUT2D eigenvalue weighted by atomic mass is 9.86. The van der Waals surface area contributed by atoms with E-state index < -0.39 is 11.7 Å². The summed E-state index contributed by atoms with van der Waals surface area (Å²) in [6.07, 6.45) is -1.01. The van der Waals surface area contributed by atoms with Crippen molar-refractivity contribution in [2.45, 2.75) is 44.2 Å². The first-order valence-corrected chi connectivity index (χ1v) is 9.52. The van der Waals surface area contributed by atoms with Gasteiger partial charge in [0.25, 0.3) is 5.91 Å². The number of hydrogen-bond donors (Lipinski definition) is 1. The molecule has 1 fully saturated rings. The number of aromatic nitrogens is 2. The molecular weight excluding hydrogens is 367 g/mol. The Hall–Kier alpha value is -2.57. The molecule has 0 spiro atoms. The highest BCUT2D eigenvalue weighted by molar-refractivity contribution is 5.94. The summed E-state index contributed by atoms with van der Waals surface area (Å²) in [5.74, 6) is -0.328. The Balaban J connectivity index is 1.47. The number of rotatable bonds is 2. The van der Waals surface area contributed by atoms with Crippen LogP contribution in [0, 0.1) is 0 Å². The molecule has 148 valence electrons. The monoisotopic (exact) mass is 389 g/mol. The molecule has 1 saturated heterocycles. The fourth-order valence-electron chi connectivity index (χ4n) is 4.29. The van der Waals surface area contributed by atoms with Crippen LogP contribution in [0.1, 0.15) is 58.1 Å². The van der Waals surface area contributed by atoms with E-state index in [1.807, 2.05) is 0 Å². The Morgan fingerprint density at radius 3 is 2.61 bits per heavy atom. The van der Waals surface area contributed by atoms with Crippen LogP contribution in [0.5, 0.6) is 0 Å². The molecule has 2 aromatic rings. The molecule has 1 aliphatic carbocycles. The van der Waals surface area contributed by atoms with Crippen molar-refractivity contribution < 1.29 is 18.0 Å². The van der Waals surface area contributed by atoms with Gasteiger partial charge in [-0.15, -0.1) is 0 Å². The summed E-state index contributed by atoms with van der Waals surface area (Å²) in [4.78, 5) is 14.6. The molecule has 4 nitrogen and oxygen atoms in total. The van der Waals surface area contributed by atoms with Gasteiger partial charge < -0.3 is 4.90 Å². The molecule has 0 bridgehead atoms. The topological polar surface area (TPSA) is 49.0 Å². The summed E-state index contributed by atoms with van der Waals surface area (Å²) in [6.45, 7) is 4.86. The zero-order valence-electron chi connectivity index (χ0n) is 15.5. The van der Waals surface area contributed by atoms with Crippen molar-refractivity contribution in [1.29, 1.82) is 0 Å². The molecule has 1 amide bonds. The van der Waals surface area contributed by atoms with Crippen molar-refractivity contribution in [2.75, 3.05) is 13.1 Å². The summed E-state index contributed by atoms with van der Waals surface area (Å²) in [6, 6.07) is 5.75. The van der Waals surface area contributed by atoms with E-state index in [0.717, 1.165) is 35.7 Å². The lowest BCUT2D eigenvalue weighted by molar-refractivity contribution is -0.138. The second-order valence-corrected chi connectivity index (χ2v) is 7.61. The zero-order chi connectivity index (χ0) is 19.9. The van der Waals surface area contributed by atoms with Gasteiger partial charge in [0.15, 0.2) is 5.69 Å². The van der Waals surface area contributed by atoms with Gasteiger partial charge in [-0.2, -0.15) is 18.3 Å². The first-order chi connectivity index (χ1) is 13.3. The molecule has 0 unspecified atom stereocenters. The highest BCUT2D eigenvalue weighted by atomic mass is 19.4. The number of nitrogens with one attached hydrogen (secondary N) is 1. The van der Waals surface area contributed by atoms with Gasteiger partial charge in [-0.3, -0.25) is 9.89 Å². The summed E-state index contributed by atoms with van der Waals surface area (Å²) >= 11 is 0. The number of hydrogen-bond acceptors (Lipinski definition) is 2. The predicted octanol–water partition coefficient (Wildman–Crippen LogP) is 4.49. The summed E-state index contributed by atoms with van der Waals surface area (Å²) < 4.78 is 39.9. The molecule has 1 aromatic carbocycles. The number of benzene rings is 1. The smallest absolute Gasteiger partial charge is 0.337 e. The molecule has 1 aromatic heterocycles. The molecule has 1 aliphatic heterocycles. The fraction of sp³-hybridized carbons (Fsp3) is 0.429. The average Bonchev–Trinajstić information content (AvgIpc) is 3.10. The van der Waals surface area contributed by atoms with E-state index in [-0.39, 0.29) is 11.8 Å². The molecule has 7 heteroatoms. The number of carbonyl (C=O) groups is 1. The number of carbonyl (C=O) groups excluding carboxylic acids is 1. The first kappa shape index (κ1) is 18.8. The number of nitrogens with zero attached hydrogens (tertiary/aromatic N) is 2. The minimum Gasteiger partial charge on any atom is -0.337 e. The molecular formula is C21H22F3N3O. The van der Waals surface area contributed by atoms with Crippen LogP contribution in [0.4, 0.5) is 13.2 Å². The minimum absolute atomic E-state index is 0.132. The number of amides is 1. The second kappa shape index (κ2) is 7.11. The zero-order valence-corrected chi connectivity index (χ0v) is 15.5. The Bertz CT molecular complexity index is 908. The van der Waals surface area contributed by atoms with Crippen LogP contribution in [0.2, 0.25) is 0 Å². The van der Waals surface area contributed by atoms with Crippen LogP contribution < -0.4 is 0 Å². The third kappa shape index (κ3) is 3.45. The average molecular weight is 389 g/mol. The van der Waals surface area contributed by atoms with E-state index in [0.29, 0.717) is 43.6 Å². The number of halogens is 3. The number of aromatic amines is 1. The highest BCUT2D eigenvalue weighted by Crippen LogP contribution is 2.39. The van der Waals surface area contributed by atoms with Crippen molar-refractivity contribution in [3.63, 3.8) is 0 Å². The Kier molecular flexibility index (Phi) is 4.77. The van der Waals surface area contributed by atoms with Crippen molar-refractivity contribution in [1.82, 2.24) is 15.1 Å². The lowest BCUT2D eigenvalue weighted by Crippen LogP contribution is -2.38. The van der Waals surface area contributed by atoms with Gasteiger partial charge in [-0.1, -0.05) is 30.4 Å². The van der Waals surface area contributed by atoms with E-state index >= 15 is 0 Å². The van der Waals surface area contributed by atoms with Crippen molar-refractivity contribution in [3.05, 3.63) is 64.5 Å². The normalized spacial score (nSPS) is 18.2. The summed E-state index contributed by atoms with van der Waals surface area (Å²) in [7, 11) is 0. The molecule has 1 N–H and O–H groups in total. The third-order valence-corrected chi connectivity index (χ3v) is 5.80. The molecule has 2 aliphatic rings. The van der Waals surface area contributed by atoms with Crippen LogP contribution in [0.25, 0.3) is 0 Å². The Morgan fingerprint density at radius 1 is 1.18 bits per heavy atom. The minimum atomic E-state index is -4.36. The number of allylic oxidation sites excluding steroid dienone is 1. The summed E-state index contributed by atoms with van der Waals surface area (Å²) in [5.41, 5.74) is 3.26. The Morgan fingerprint density at radius 2 is 1.89 bits per heavy atom. The van der Waals surface area contributed by atoms with Crippen LogP contribution in [0.3, 0.4) is 0 Å². The molecule has 2 heterocycles. The molecule has 0 saturated carbocycles. The van der Waals surface area contributed by atoms with Crippen LogP contribution in [-0.2, 0) is 19.0 Å². The highest BCUT2D eigenvalue weighted by Gasteiger charge is 2.36. The van der Waals surface area contributed by atoms with Gasteiger partial charge in [-0.05, 0) is 43.2 Å². The van der Waals surface area contributed by atoms with Gasteiger partial charge in [0, 0.05) is 30.8 Å². The number of alkyl halides is 3. The van der Waals surface area contributed by atoms with Gasteiger partial charge in [-0.25, -0.2) is 0 Å². The maximum Gasteiger partial charge on any atom is 0.416 e. The van der Waals surface area contributed by atoms with E-state index in [2.05, 4.69) is 16.8 Å². The van der Waals surface area contributed by atoms with Gasteiger partial charge >= 0.3 is 6.18 Å². The maximum atomic E-state index is 13.3. The van der Waals surface area contributed by atoms with Gasteiger partial charge in [0.2, 0.25) is 0 Å². The quantitative estimate of drug-likeness (QED) is 0.770. The summed E-state index contributed by atoms with van der Waals surface area (Å²) in [5, 5.41) is 7.18. The van der Waals surface area contributed by atoms with Crippen molar-refractivity contribution >= 4 is 5.91 Å². The number of H-pyrrole nitrogens is 1. The number of fused-ring (bicyclic) bond motifs is 1. The third-order valence-electron chi connectivity index (χ3n) is 5.80. The SMILES string of the molecule is C=C1CCc2c(C(=O)N3CCC(c4ccccc4C(F)(F)F)CC3)n[nH]c2C1. The Labute approximate surface area is 161 Å². The van der Waals surface area contributed by atoms with Crippen LogP contribution in [-0.4, -0.2) is 34.1 Å². The van der Waals surface area contributed by atoms with E-state index in [1.165, 1.54) is 6.07 Å². The molecule has 0 radical (unpaired) electrons. The first-order valence-electron chi connectivity index (χ1n) is 9.52. The maximum absolute atomic E-state index is 13.3. The lowest BCUT2D eigenvalue weighted by Gasteiger charge is -2.33.